The molecule has 0 radical (unpaired) electrons. The summed E-state index contributed by atoms with van der Waals surface area (Å²) in [5.74, 6) is 0.0802. The van der Waals surface area contributed by atoms with Crippen molar-refractivity contribution in [2.45, 2.75) is 77.5 Å². The van der Waals surface area contributed by atoms with Crippen LogP contribution in [0.2, 0.25) is 0 Å². The quantitative estimate of drug-likeness (QED) is 0.208. The number of pyridine rings is 1. The minimum atomic E-state index is -0.966. The zero-order valence-corrected chi connectivity index (χ0v) is 41.8. The molecule has 7 aliphatic rings. The Hall–Kier alpha value is -6.90. The number of likely N-dealkylation sites (tertiary alicyclic amines) is 1. The number of nitrogens with zero attached hydrogens (tertiary/aromatic N) is 13. The van der Waals surface area contributed by atoms with Gasteiger partial charge in [-0.3, -0.25) is 49.0 Å². The lowest BCUT2D eigenvalue weighted by Crippen LogP contribution is -2.54. The lowest BCUT2D eigenvalue weighted by Gasteiger charge is -2.42. The Morgan fingerprint density at radius 2 is 1.61 bits per heavy atom. The van der Waals surface area contributed by atoms with Crippen molar-refractivity contribution in [2.24, 2.45) is 10.9 Å². The number of aliphatic imine (C=N–C) groups is 1. The number of nitrogens with one attached hydrogen (secondary N) is 2. The highest BCUT2D eigenvalue weighted by molar-refractivity contribution is 6.24. The number of allylic oxidation sites excluding steroid dienone is 1. The molecule has 2 N–H and O–H groups in total. The van der Waals surface area contributed by atoms with Crippen LogP contribution in [0.15, 0.2) is 71.0 Å². The molecule has 4 saturated heterocycles. The minimum absolute atomic E-state index is 0.0988. The zero-order chi connectivity index (χ0) is 50.0. The predicted molar refractivity (Wildman–Crippen MR) is 271 cm³/mol. The molecular weight excluding hydrogens is 915 g/mol. The van der Waals surface area contributed by atoms with E-state index in [1.165, 1.54) is 12.8 Å². The number of imide groups is 2. The first-order valence-corrected chi connectivity index (χ1v) is 25.5. The van der Waals surface area contributed by atoms with Crippen molar-refractivity contribution in [3.8, 4) is 0 Å². The van der Waals surface area contributed by atoms with Gasteiger partial charge < -0.3 is 24.9 Å². The maximum absolute atomic E-state index is 13.9. The van der Waals surface area contributed by atoms with E-state index < -0.39 is 29.3 Å². The van der Waals surface area contributed by atoms with E-state index >= 15 is 0 Å². The number of rotatable bonds is 11. The molecule has 2 aromatic heterocycles. The molecular formula is C52H63N15O5. The van der Waals surface area contributed by atoms with Gasteiger partial charge in [0, 0.05) is 119 Å². The van der Waals surface area contributed by atoms with E-state index in [4.69, 9.17) is 9.98 Å². The molecule has 2 atom stereocenters. The van der Waals surface area contributed by atoms with Crippen LogP contribution in [0, 0.1) is 5.92 Å². The number of hydrogen-bond donors (Lipinski definition) is 2. The molecule has 20 heteroatoms. The van der Waals surface area contributed by atoms with Crippen LogP contribution in [0.4, 0.5) is 23.1 Å². The minimum Gasteiger partial charge on any atom is -0.369 e. The van der Waals surface area contributed by atoms with E-state index in [1.807, 2.05) is 63.2 Å². The summed E-state index contributed by atoms with van der Waals surface area (Å²) in [5.41, 5.74) is 6.92. The molecule has 0 aliphatic carbocycles. The third-order valence-corrected chi connectivity index (χ3v) is 16.2. The van der Waals surface area contributed by atoms with E-state index in [-0.39, 0.29) is 24.7 Å². The molecule has 0 spiro atoms. The molecule has 5 amide bonds. The first kappa shape index (κ1) is 47.4. The molecule has 0 saturated carbocycles. The van der Waals surface area contributed by atoms with Crippen molar-refractivity contribution in [1.29, 1.82) is 0 Å². The van der Waals surface area contributed by atoms with E-state index in [9.17, 15) is 24.0 Å². The molecule has 376 valence electrons. The van der Waals surface area contributed by atoms with E-state index in [2.05, 4.69) is 69.7 Å². The summed E-state index contributed by atoms with van der Waals surface area (Å²) >= 11 is 0. The average molecular weight is 978 g/mol. The summed E-state index contributed by atoms with van der Waals surface area (Å²) in [5, 5.41) is 17.6. The third-order valence-electron chi connectivity index (χ3n) is 16.2. The summed E-state index contributed by atoms with van der Waals surface area (Å²) in [7, 11) is 1.86. The largest absolute Gasteiger partial charge is 0.369 e. The van der Waals surface area contributed by atoms with Crippen LogP contribution >= 0.6 is 0 Å². The van der Waals surface area contributed by atoms with Gasteiger partial charge in [-0.2, -0.15) is 0 Å². The van der Waals surface area contributed by atoms with Crippen molar-refractivity contribution in [1.82, 2.24) is 50.1 Å². The summed E-state index contributed by atoms with van der Waals surface area (Å²) in [4.78, 5) is 89.9. The lowest BCUT2D eigenvalue weighted by molar-refractivity contribution is -0.136. The van der Waals surface area contributed by atoms with Crippen LogP contribution < -0.4 is 25.3 Å². The van der Waals surface area contributed by atoms with Gasteiger partial charge in [0.25, 0.3) is 17.7 Å². The molecule has 4 fully saturated rings. The Morgan fingerprint density at radius 1 is 0.833 bits per heavy atom. The first-order chi connectivity index (χ1) is 34.7. The molecule has 20 nitrogen and oxygen atoms in total. The molecule has 2 aromatic carbocycles. The Labute approximate surface area is 419 Å². The SMILES string of the molecule is CC1=C(C(=O)Nc2ccc3c(c2)C(c2ccnc(N4CCN(CCN5CCC(CN6CCN(c7ccc8c(c7)C(=O)N(C7CCC(=O)NC7=O)C8=O)CC6)CC5)[C@@H](C)C4)c2)=NC3)C(C)(C)n2nnnc2N1C. The van der Waals surface area contributed by atoms with Gasteiger partial charge >= 0.3 is 0 Å². The molecule has 1 unspecified atom stereocenters. The van der Waals surface area contributed by atoms with E-state index in [1.54, 1.807) is 16.8 Å². The van der Waals surface area contributed by atoms with Gasteiger partial charge in [0.15, 0.2) is 0 Å². The number of tetrazole rings is 1. The Morgan fingerprint density at radius 3 is 2.39 bits per heavy atom. The average Bonchev–Trinajstić information content (AvgIpc) is 4.11. The Balaban J connectivity index is 0.626. The van der Waals surface area contributed by atoms with Gasteiger partial charge in [-0.15, -0.1) is 0 Å². The highest BCUT2D eigenvalue weighted by atomic mass is 16.2. The van der Waals surface area contributed by atoms with Crippen molar-refractivity contribution in [3.63, 3.8) is 0 Å². The number of fused-ring (bicyclic) bond motifs is 3. The number of carbonyl (C=O) groups is 5. The fraction of sp³-hybridized carbons (Fsp3) is 0.500. The number of anilines is 4. The lowest BCUT2D eigenvalue weighted by atomic mass is 9.89. The molecule has 4 aromatic rings. The summed E-state index contributed by atoms with van der Waals surface area (Å²) < 4.78 is 1.68. The highest BCUT2D eigenvalue weighted by Gasteiger charge is 2.45. The van der Waals surface area contributed by atoms with E-state index in [0.29, 0.717) is 46.8 Å². The predicted octanol–water partition coefficient (Wildman–Crippen LogP) is 2.96. The van der Waals surface area contributed by atoms with Gasteiger partial charge in [0.2, 0.25) is 17.8 Å². The van der Waals surface area contributed by atoms with Crippen LogP contribution in [-0.2, 0) is 26.5 Å². The summed E-state index contributed by atoms with van der Waals surface area (Å²) in [6, 6.07) is 15.0. The van der Waals surface area contributed by atoms with Gasteiger partial charge in [0.1, 0.15) is 11.9 Å². The standard InChI is InChI=1S/C52H63N15O5/c1-32-30-65(43-26-35(12-15-53-43)46-40-27-37(7-6-36(40)29-54-46)55-48(70)45-33(2)60(5)51-57-58-59-67(51)52(45,3)4)25-24-63(32)21-18-61-16-13-34(14-17-61)31-62-19-22-64(23-20-62)38-8-9-39-41(28-38)50(72)66(49(39)71)42-10-11-44(68)56-47(42)69/h6-9,12,15,26-28,32,34,42H,10-11,13-14,16-25,29-31H2,1-5H3,(H,55,70)(H,56,68,69)/t32-,42?/m0/s1. The maximum atomic E-state index is 13.9. The Bertz CT molecular complexity index is 2910. The molecule has 0 bridgehead atoms. The number of carbonyl (C=O) groups excluding carboxylic acids is 5. The van der Waals surface area contributed by atoms with Crippen LogP contribution in [0.5, 0.6) is 0 Å². The number of hydrogen-bond acceptors (Lipinski definition) is 16. The second-order valence-corrected chi connectivity index (χ2v) is 20.9. The number of benzene rings is 2. The van der Waals surface area contributed by atoms with Crippen LogP contribution in [0.1, 0.15) is 90.8 Å². The number of amides is 5. The third kappa shape index (κ3) is 8.71. The normalized spacial score (nSPS) is 23.1. The van der Waals surface area contributed by atoms with E-state index in [0.717, 1.165) is 123 Å². The van der Waals surface area contributed by atoms with Crippen molar-refractivity contribution in [3.05, 3.63) is 93.8 Å². The summed E-state index contributed by atoms with van der Waals surface area (Å²) in [6.07, 6.45) is 4.51. The van der Waals surface area contributed by atoms with Gasteiger partial charge in [0.05, 0.1) is 34.5 Å². The molecule has 11 rings (SSSR count). The van der Waals surface area contributed by atoms with Crippen molar-refractivity contribution >= 4 is 58.4 Å². The molecule has 7 aliphatic heterocycles. The second kappa shape index (κ2) is 18.9. The number of aromatic nitrogens is 5. The smallest absolute Gasteiger partial charge is 0.262 e. The summed E-state index contributed by atoms with van der Waals surface area (Å²) in [6.45, 7) is 20.5. The fourth-order valence-electron chi connectivity index (χ4n) is 11.9. The number of piperazine rings is 2. The first-order valence-electron chi connectivity index (χ1n) is 25.5. The monoisotopic (exact) mass is 978 g/mol. The van der Waals surface area contributed by atoms with Crippen LogP contribution in [-0.4, -0.2) is 178 Å². The van der Waals surface area contributed by atoms with Crippen LogP contribution in [0.25, 0.3) is 0 Å². The zero-order valence-electron chi connectivity index (χ0n) is 41.8. The fourth-order valence-corrected chi connectivity index (χ4v) is 11.9. The van der Waals surface area contributed by atoms with Gasteiger partial charge in [-0.25, -0.2) is 9.67 Å². The second-order valence-electron chi connectivity index (χ2n) is 20.9. The maximum Gasteiger partial charge on any atom is 0.262 e. The van der Waals surface area contributed by atoms with Gasteiger partial charge in [-0.1, -0.05) is 11.2 Å². The van der Waals surface area contributed by atoms with Crippen LogP contribution in [0.3, 0.4) is 0 Å². The van der Waals surface area contributed by atoms with Crippen molar-refractivity contribution < 1.29 is 24.0 Å². The molecule has 9 heterocycles. The molecule has 72 heavy (non-hydrogen) atoms. The highest BCUT2D eigenvalue weighted by Crippen LogP contribution is 2.38. The van der Waals surface area contributed by atoms with Crippen molar-refractivity contribution in [2.75, 3.05) is 106 Å². The number of piperidine rings is 2. The topological polar surface area (TPSA) is 201 Å². The Kier molecular flexibility index (Phi) is 12.5. The van der Waals surface area contributed by atoms with Gasteiger partial charge in [-0.05, 0) is 124 Å².